The van der Waals surface area contributed by atoms with Gasteiger partial charge < -0.3 is 40.4 Å². The topological polar surface area (TPSA) is 361 Å². The zero-order valence-corrected chi connectivity index (χ0v) is 85.3. The molecule has 3 heterocycles. The van der Waals surface area contributed by atoms with Gasteiger partial charge in [0.2, 0.25) is 17.1 Å². The Hall–Kier alpha value is -7.24. The Balaban J connectivity index is -0.000000325. The van der Waals surface area contributed by atoms with Crippen molar-refractivity contribution in [3.63, 3.8) is 0 Å². The fourth-order valence-electron chi connectivity index (χ4n) is 13.7. The van der Waals surface area contributed by atoms with Crippen molar-refractivity contribution < 1.29 is 82.6 Å². The first-order valence-electron chi connectivity index (χ1n) is 46.6. The Morgan fingerprint density at radius 2 is 0.835 bits per heavy atom. The van der Waals surface area contributed by atoms with Crippen molar-refractivity contribution in [2.24, 2.45) is 106 Å². The van der Waals surface area contributed by atoms with E-state index < -0.39 is 30.1 Å². The van der Waals surface area contributed by atoms with Crippen LogP contribution in [0, 0.1) is 94.7 Å². The number of hydrogen-bond acceptors (Lipinski definition) is 16. The number of ketones is 1. The van der Waals surface area contributed by atoms with E-state index in [2.05, 4.69) is 151 Å². The number of alkyl halides is 1. The van der Waals surface area contributed by atoms with Gasteiger partial charge in [0.1, 0.15) is 24.1 Å². The van der Waals surface area contributed by atoms with Crippen LogP contribution in [-0.2, 0) is 52.6 Å². The summed E-state index contributed by atoms with van der Waals surface area (Å²) < 4.78 is 16.0. The van der Waals surface area contributed by atoms with Gasteiger partial charge in [0.15, 0.2) is 0 Å². The molecule has 0 spiro atoms. The van der Waals surface area contributed by atoms with Gasteiger partial charge >= 0.3 is 36.1 Å². The molecule has 11 atom stereocenters. The highest BCUT2D eigenvalue weighted by Crippen LogP contribution is 2.37. The lowest BCUT2D eigenvalue weighted by atomic mass is 9.92. The van der Waals surface area contributed by atoms with Gasteiger partial charge in [-0.1, -0.05) is 318 Å². The highest BCUT2D eigenvalue weighted by Gasteiger charge is 2.46. The number of aliphatic carboxylic acids is 3. The lowest BCUT2D eigenvalue weighted by Gasteiger charge is -2.24. The van der Waals surface area contributed by atoms with Gasteiger partial charge in [0.05, 0.1) is 29.8 Å². The Morgan fingerprint density at radius 3 is 1.10 bits per heavy atom. The first-order valence-corrected chi connectivity index (χ1v) is 48.1. The fourth-order valence-corrected chi connectivity index (χ4v) is 13.8. The third-order valence-corrected chi connectivity index (χ3v) is 21.8. The van der Waals surface area contributed by atoms with Gasteiger partial charge in [-0.05, 0) is 209 Å². The number of nitrogens with two attached hydrogens (primary N) is 1. The van der Waals surface area contributed by atoms with Crippen LogP contribution in [0.3, 0.4) is 0 Å². The number of imide groups is 2. The number of aliphatic hydroxyl groups is 1. The summed E-state index contributed by atoms with van der Waals surface area (Å²) in [6.07, 6.45) is 15.2. The van der Waals surface area contributed by atoms with Gasteiger partial charge in [-0.25, -0.2) is 19.4 Å². The van der Waals surface area contributed by atoms with Crippen LogP contribution in [0.2, 0.25) is 0 Å². The second-order valence-electron chi connectivity index (χ2n) is 37.1. The summed E-state index contributed by atoms with van der Waals surface area (Å²) >= 11 is 8.05. The van der Waals surface area contributed by atoms with Crippen LogP contribution in [0.25, 0.3) is 10.4 Å². The maximum absolute atomic E-state index is 12.7. The number of cyclic esters (lactones) is 3. The van der Waals surface area contributed by atoms with E-state index in [1.807, 2.05) is 153 Å². The van der Waals surface area contributed by atoms with Crippen molar-refractivity contribution in [2.75, 3.05) is 25.0 Å². The number of nitrogens with zero attached hydrogens (tertiary/aromatic N) is 5. The second-order valence-corrected chi connectivity index (χ2v) is 38.1. The number of esters is 1. The van der Waals surface area contributed by atoms with Gasteiger partial charge in [-0.3, -0.25) is 38.4 Å². The molecule has 6 N–H and O–H groups in total. The van der Waals surface area contributed by atoms with Crippen molar-refractivity contribution in [2.45, 2.75) is 360 Å². The van der Waals surface area contributed by atoms with Crippen molar-refractivity contribution in [1.29, 1.82) is 0 Å². The van der Waals surface area contributed by atoms with E-state index in [-0.39, 0.29) is 90.8 Å². The van der Waals surface area contributed by atoms with Gasteiger partial charge in [-0.2, -0.15) is 0 Å². The maximum Gasteiger partial charge on any atom is 0.417 e. The summed E-state index contributed by atoms with van der Waals surface area (Å²) in [7, 11) is 0. The first-order chi connectivity index (χ1) is 59.0. The summed E-state index contributed by atoms with van der Waals surface area (Å²) in [6, 6.07) is 28.5. The number of carboxylic acids is 3. The number of azide groups is 1. The summed E-state index contributed by atoms with van der Waals surface area (Å²) in [5, 5.41) is 37.9. The first kappa shape index (κ1) is 131. The molecule has 3 fully saturated rings. The summed E-state index contributed by atoms with van der Waals surface area (Å²) in [5.74, 6) is 5.29. The summed E-state index contributed by atoms with van der Waals surface area (Å²) in [4.78, 5) is 116. The number of carbonyl (C=O) groups is 10. The molecule has 3 aromatic carbocycles. The molecule has 127 heavy (non-hydrogen) atoms. The molecule has 0 aliphatic carbocycles. The number of ether oxygens (including phenoxy) is 3. The molecule has 4 amide bonds. The van der Waals surface area contributed by atoms with Crippen molar-refractivity contribution in [3.8, 4) is 0 Å². The van der Waals surface area contributed by atoms with Gasteiger partial charge in [0.25, 0.3) is 0 Å². The van der Waals surface area contributed by atoms with Crippen LogP contribution in [0.1, 0.15) is 365 Å². The Bertz CT molecular complexity index is 3330. The predicted molar refractivity (Wildman–Crippen MR) is 524 cm³/mol. The number of carbonyl (C=O) groups excluding carboxylic acids is 7. The van der Waals surface area contributed by atoms with Crippen LogP contribution in [-0.4, -0.2) is 126 Å². The van der Waals surface area contributed by atoms with Crippen LogP contribution in [0.5, 0.6) is 0 Å². The number of halogens is 2. The van der Waals surface area contributed by atoms with E-state index >= 15 is 0 Å². The highest BCUT2D eigenvalue weighted by atomic mass is 79.9. The minimum Gasteiger partial charge on any atom is -0.481 e. The Labute approximate surface area is 783 Å². The zero-order valence-electron chi connectivity index (χ0n) is 82.9. The van der Waals surface area contributed by atoms with E-state index in [1.165, 1.54) is 36.0 Å². The lowest BCUT2D eigenvalue weighted by Crippen LogP contribution is -2.41. The normalized spacial score (nSPS) is 16.9. The summed E-state index contributed by atoms with van der Waals surface area (Å²) in [5.41, 5.74) is 16.5. The SMILES string of the molecule is C.CC(=O)CBr.CC(C)CCC(=O)Cl.CC(C)CCC(=O)N1C(=O)OC(c2ccccc2)C1C.CC(C)CCC(=O)O.CC(C)C[C@H](CN)CC(=O)O.CC1CC(=O)OC1c1ccccc1.CCC(CC)CC(C)C.CC[C@@H](CN=[N+]=[N-])CC(C)C.CC[C@@H](CO)CC(C)C.CC[C@H](CC(C)C)C(=O)N1C(=O)OC(c2ccccc2)C1C.CC[C@H](CC(C)C)C(=O)O. The van der Waals surface area contributed by atoms with Crippen LogP contribution >= 0.6 is 27.5 Å². The molecule has 0 bridgehead atoms. The van der Waals surface area contributed by atoms with Crippen LogP contribution in [0.4, 0.5) is 9.59 Å². The van der Waals surface area contributed by atoms with Crippen LogP contribution in [0.15, 0.2) is 96.1 Å². The van der Waals surface area contributed by atoms with Gasteiger partial charge in [-0.15, -0.1) is 0 Å². The average Bonchev–Trinajstić information content (AvgIpc) is 1.65. The number of hydrogen-bond donors (Lipinski definition) is 5. The number of rotatable bonds is 39. The van der Waals surface area contributed by atoms with E-state index in [9.17, 15) is 47.9 Å². The minimum absolute atomic E-state index is 0. The van der Waals surface area contributed by atoms with Gasteiger partial charge in [0, 0.05) is 55.6 Å². The molecule has 23 nitrogen and oxygen atoms in total. The molecule has 3 aromatic rings. The zero-order chi connectivity index (χ0) is 97.9. The van der Waals surface area contributed by atoms with E-state index in [1.54, 1.807) is 0 Å². The number of amides is 4. The highest BCUT2D eigenvalue weighted by molar-refractivity contribution is 9.09. The van der Waals surface area contributed by atoms with E-state index in [0.29, 0.717) is 110 Å². The standard InChI is InChI=1S/C18H25NO3.C16H21NO3.C11H12O2.C9H20.C8H17N3.C8H17NO2.C8H16O2.C8H18O.C6H11ClO.C6H12O2.C3H5BrO.CH4/c1-5-14(11-12(2)3)17(20)19-13(4)16(22-18(19)21)15-9-7-6-8-10-15;1-11(2)9-10-14(18)17-12(3)15(20-16(17)19)13-7-5-4-6-8-13;1-8-7-10(12)13-11(8)9-5-3-2-4-6-9;1-5-9(6-2)7-8(3)4;1-4-8(5-7(2)3)6-10-11-9;1-6(2)3-7(5-9)4-8(10)11;1-4-7(8(9)10)5-6(2)3;1-4-8(6-9)5-7(2)3;2*1-5(2)3-4-6(7)8;1-3(5)2-4;/h6-10,12-14,16H,5,11H2,1-4H3;4-8,11-12,15H,9-10H2,1-3H3;2-6,8,11H,7H2,1H3;8-9H,5-7H2,1-4H3;7-8H,4-6H2,1-3H3;6-7H,3-5,9H2,1-2H3,(H,10,11);6-7H,4-5H2,1-3H3,(H,9,10);7-9H,4-6H2,1-3H3;5H,3-4H2,1-2H3;5H,3-4H2,1-2H3,(H,7,8);2H2,1H3;1H4/t13?,14-,16?;;;;8-;2*7-;8-;;;;/m1...1011..../s1. The number of aliphatic hydroxyl groups excluding tert-OH is 1. The van der Waals surface area contributed by atoms with Crippen molar-refractivity contribution in [3.05, 3.63) is 118 Å². The molecule has 0 radical (unpaired) electrons. The molecular weight excluding hydrogens is 1700 g/mol. The molecule has 25 heteroatoms. The molecule has 3 aliphatic rings. The number of benzene rings is 3. The number of carboxylic acid groups (broad SMARTS) is 3. The Morgan fingerprint density at radius 1 is 0.488 bits per heavy atom. The smallest absolute Gasteiger partial charge is 0.417 e. The van der Waals surface area contributed by atoms with Crippen molar-refractivity contribution in [1.82, 2.24) is 9.80 Å². The minimum atomic E-state index is -0.749. The molecule has 3 aliphatic heterocycles. The Kier molecular flexibility index (Phi) is 80.8. The maximum atomic E-state index is 12.7. The molecular formula is C102H178BrClN6O17. The monoisotopic (exact) mass is 1870 g/mol. The summed E-state index contributed by atoms with van der Waals surface area (Å²) in [6.45, 7) is 59.7. The molecule has 0 saturated carbocycles. The van der Waals surface area contributed by atoms with E-state index in [4.69, 9.17) is 57.5 Å². The van der Waals surface area contributed by atoms with Crippen molar-refractivity contribution >= 4 is 86.4 Å². The third-order valence-electron chi connectivity index (χ3n) is 20.9. The largest absolute Gasteiger partial charge is 0.481 e. The average molecular weight is 1880 g/mol. The molecule has 3 saturated heterocycles. The van der Waals surface area contributed by atoms with E-state index in [0.717, 1.165) is 111 Å². The quantitative estimate of drug-likeness (QED) is 0.00673. The fraction of sp³-hybridized carbons (Fsp3) is 0.725. The predicted octanol–water partition coefficient (Wildman–Crippen LogP) is 27.4. The number of Topliss-reactive ketones (excluding diaryl/α,β-unsaturated/α-hetero) is 1. The third kappa shape index (κ3) is 68.5. The molecule has 6 rings (SSSR count). The molecule has 0 aromatic heterocycles. The molecule has 732 valence electrons. The van der Waals surface area contributed by atoms with Crippen LogP contribution < -0.4 is 5.73 Å². The lowest BCUT2D eigenvalue weighted by molar-refractivity contribution is -0.143. The second kappa shape index (κ2) is 78.6. The molecule has 6 unspecified atom stereocenters.